The number of H-pyrrole nitrogens is 1. The third-order valence-electron chi connectivity index (χ3n) is 3.13. The summed E-state index contributed by atoms with van der Waals surface area (Å²) in [6.45, 7) is 2.51. The minimum Gasteiger partial charge on any atom is -0.383 e. The molecule has 0 aliphatic rings. The van der Waals surface area contributed by atoms with E-state index in [9.17, 15) is 9.18 Å². The van der Waals surface area contributed by atoms with Crippen LogP contribution in [-0.2, 0) is 9.53 Å². The number of rotatable bonds is 5. The summed E-state index contributed by atoms with van der Waals surface area (Å²) in [6.07, 6.45) is 0. The monoisotopic (exact) mass is 331 g/mol. The van der Waals surface area contributed by atoms with Gasteiger partial charge in [0.1, 0.15) is 11.9 Å². The summed E-state index contributed by atoms with van der Waals surface area (Å²) in [5, 5.41) is 2.73. The highest BCUT2D eigenvalue weighted by molar-refractivity contribution is 7.71. The molecule has 2 aromatic rings. The molecular weight excluding hydrogens is 317 g/mol. The number of nitrogens with one attached hydrogen (secondary N) is 2. The van der Waals surface area contributed by atoms with Gasteiger partial charge in [0.15, 0.2) is 4.77 Å². The zero-order chi connectivity index (χ0) is 15.6. The molecule has 0 aliphatic heterocycles. The molecule has 1 amide bonds. The molecule has 114 valence electrons. The lowest BCUT2D eigenvalue weighted by atomic mass is 10.2. The van der Waals surface area contributed by atoms with E-state index < -0.39 is 11.9 Å². The van der Waals surface area contributed by atoms with E-state index in [4.69, 9.17) is 28.6 Å². The van der Waals surface area contributed by atoms with Crippen LogP contribution in [0.4, 0.5) is 4.39 Å². The highest BCUT2D eigenvalue weighted by atomic mass is 35.5. The molecule has 0 fully saturated rings. The maximum Gasteiger partial charge on any atom is 0.242 e. The van der Waals surface area contributed by atoms with Gasteiger partial charge in [0.2, 0.25) is 5.91 Å². The summed E-state index contributed by atoms with van der Waals surface area (Å²) in [7, 11) is 1.55. The number of hydrogen-bond donors (Lipinski definition) is 2. The van der Waals surface area contributed by atoms with Gasteiger partial charge in [-0.15, -0.1) is 0 Å². The zero-order valence-corrected chi connectivity index (χ0v) is 13.1. The van der Waals surface area contributed by atoms with Crippen molar-refractivity contribution < 1.29 is 13.9 Å². The van der Waals surface area contributed by atoms with Crippen molar-refractivity contribution in [1.29, 1.82) is 0 Å². The van der Waals surface area contributed by atoms with Crippen molar-refractivity contribution in [2.75, 3.05) is 20.3 Å². The summed E-state index contributed by atoms with van der Waals surface area (Å²) >= 11 is 11.0. The van der Waals surface area contributed by atoms with Crippen molar-refractivity contribution >= 4 is 40.8 Å². The predicted molar refractivity (Wildman–Crippen MR) is 81.7 cm³/mol. The third kappa shape index (κ3) is 3.25. The van der Waals surface area contributed by atoms with Gasteiger partial charge in [-0.1, -0.05) is 11.6 Å². The van der Waals surface area contributed by atoms with Crippen LogP contribution in [0.15, 0.2) is 12.1 Å². The van der Waals surface area contributed by atoms with E-state index in [-0.39, 0.29) is 10.9 Å². The van der Waals surface area contributed by atoms with Crippen LogP contribution in [0.5, 0.6) is 0 Å². The van der Waals surface area contributed by atoms with Crippen molar-refractivity contribution in [3.63, 3.8) is 0 Å². The number of amides is 1. The number of methoxy groups -OCH3 is 1. The SMILES string of the molecule is COCCNC(=O)C(C)n1c(=S)[nH]c2cc(Cl)c(F)cc21. The smallest absolute Gasteiger partial charge is 0.242 e. The molecule has 0 radical (unpaired) electrons. The Bertz CT molecular complexity index is 728. The van der Waals surface area contributed by atoms with Crippen LogP contribution in [0.2, 0.25) is 5.02 Å². The van der Waals surface area contributed by atoms with E-state index in [1.54, 1.807) is 18.6 Å². The topological polar surface area (TPSA) is 59.0 Å². The van der Waals surface area contributed by atoms with E-state index in [1.165, 1.54) is 12.1 Å². The Morgan fingerprint density at radius 1 is 1.62 bits per heavy atom. The predicted octanol–water partition coefficient (Wildman–Crippen LogP) is 2.81. The molecule has 0 saturated heterocycles. The van der Waals surface area contributed by atoms with Crippen molar-refractivity contribution in [3.8, 4) is 0 Å². The van der Waals surface area contributed by atoms with E-state index in [0.29, 0.717) is 29.0 Å². The second-order valence-electron chi connectivity index (χ2n) is 4.54. The number of carbonyl (C=O) groups is 1. The minimum atomic E-state index is -0.580. The number of carbonyl (C=O) groups excluding carboxylic acids is 1. The molecule has 21 heavy (non-hydrogen) atoms. The normalized spacial score (nSPS) is 12.6. The highest BCUT2D eigenvalue weighted by Crippen LogP contribution is 2.25. The van der Waals surface area contributed by atoms with E-state index in [0.717, 1.165) is 0 Å². The molecule has 0 aliphatic carbocycles. The summed E-state index contributed by atoms with van der Waals surface area (Å²) in [6, 6.07) is 2.14. The Labute approximate surface area is 131 Å². The van der Waals surface area contributed by atoms with Gasteiger partial charge in [0.25, 0.3) is 0 Å². The minimum absolute atomic E-state index is 0.00287. The Hall–Kier alpha value is -1.44. The molecule has 0 spiro atoms. The molecule has 1 atom stereocenters. The van der Waals surface area contributed by atoms with Crippen molar-refractivity contribution in [2.45, 2.75) is 13.0 Å². The molecule has 1 unspecified atom stereocenters. The number of halogens is 2. The summed E-state index contributed by atoms with van der Waals surface area (Å²) in [5.41, 5.74) is 1.08. The molecule has 0 saturated carbocycles. The molecular formula is C13H15ClFN3O2S. The van der Waals surface area contributed by atoms with Crippen LogP contribution < -0.4 is 5.32 Å². The van der Waals surface area contributed by atoms with Crippen LogP contribution in [-0.4, -0.2) is 35.7 Å². The Morgan fingerprint density at radius 2 is 2.33 bits per heavy atom. The number of hydrogen-bond acceptors (Lipinski definition) is 3. The van der Waals surface area contributed by atoms with Gasteiger partial charge >= 0.3 is 0 Å². The van der Waals surface area contributed by atoms with E-state index in [1.807, 2.05) is 0 Å². The number of aromatic amines is 1. The van der Waals surface area contributed by atoms with Gasteiger partial charge in [-0.25, -0.2) is 4.39 Å². The fraction of sp³-hybridized carbons (Fsp3) is 0.385. The second kappa shape index (κ2) is 6.55. The van der Waals surface area contributed by atoms with Gasteiger partial charge in [-0.05, 0) is 25.2 Å². The fourth-order valence-electron chi connectivity index (χ4n) is 2.05. The molecule has 1 heterocycles. The first-order valence-corrected chi connectivity index (χ1v) is 7.10. The molecule has 0 bridgehead atoms. The summed E-state index contributed by atoms with van der Waals surface area (Å²) in [5.74, 6) is -0.779. The van der Waals surface area contributed by atoms with Gasteiger partial charge < -0.3 is 19.6 Å². The fourth-order valence-corrected chi connectivity index (χ4v) is 2.58. The molecule has 1 aromatic heterocycles. The van der Waals surface area contributed by atoms with Crippen LogP contribution >= 0.6 is 23.8 Å². The van der Waals surface area contributed by atoms with Gasteiger partial charge in [-0.3, -0.25) is 4.79 Å². The lowest BCUT2D eigenvalue weighted by Crippen LogP contribution is -2.33. The van der Waals surface area contributed by atoms with Crippen LogP contribution in [0.1, 0.15) is 13.0 Å². The summed E-state index contributed by atoms with van der Waals surface area (Å²) < 4.78 is 20.4. The van der Waals surface area contributed by atoms with Crippen molar-refractivity contribution in [2.24, 2.45) is 0 Å². The van der Waals surface area contributed by atoms with Gasteiger partial charge in [0.05, 0.1) is 22.7 Å². The zero-order valence-electron chi connectivity index (χ0n) is 11.6. The van der Waals surface area contributed by atoms with Crippen LogP contribution in [0.3, 0.4) is 0 Å². The van der Waals surface area contributed by atoms with Crippen molar-refractivity contribution in [1.82, 2.24) is 14.9 Å². The highest BCUT2D eigenvalue weighted by Gasteiger charge is 2.19. The largest absolute Gasteiger partial charge is 0.383 e. The summed E-state index contributed by atoms with van der Waals surface area (Å²) in [4.78, 5) is 15.0. The number of aromatic nitrogens is 2. The van der Waals surface area contributed by atoms with E-state index in [2.05, 4.69) is 10.3 Å². The first-order valence-electron chi connectivity index (χ1n) is 6.31. The Kier molecular flexibility index (Phi) is 4.97. The molecule has 1 aromatic carbocycles. The number of fused-ring (bicyclic) bond motifs is 1. The number of nitrogens with zero attached hydrogens (tertiary/aromatic N) is 1. The average molecular weight is 332 g/mol. The second-order valence-corrected chi connectivity index (χ2v) is 5.34. The molecule has 2 N–H and O–H groups in total. The van der Waals surface area contributed by atoms with Crippen LogP contribution in [0, 0.1) is 10.6 Å². The van der Waals surface area contributed by atoms with Gasteiger partial charge in [-0.2, -0.15) is 0 Å². The molecule has 2 rings (SSSR count). The Morgan fingerprint density at radius 3 is 3.00 bits per heavy atom. The number of ether oxygens (including phenoxy) is 1. The third-order valence-corrected chi connectivity index (χ3v) is 3.72. The first kappa shape index (κ1) is 15.9. The Balaban J connectivity index is 2.37. The number of benzene rings is 1. The van der Waals surface area contributed by atoms with Crippen LogP contribution in [0.25, 0.3) is 11.0 Å². The van der Waals surface area contributed by atoms with Crippen molar-refractivity contribution in [3.05, 3.63) is 27.7 Å². The maximum absolute atomic E-state index is 13.6. The maximum atomic E-state index is 13.6. The lowest BCUT2D eigenvalue weighted by Gasteiger charge is -2.14. The average Bonchev–Trinajstić information content (AvgIpc) is 2.74. The van der Waals surface area contributed by atoms with Gasteiger partial charge in [0, 0.05) is 19.7 Å². The standard InChI is InChI=1S/C13H15ClFN3O2S/c1-7(12(19)16-3-4-20-2)18-11-6-9(15)8(14)5-10(11)17-13(18)21/h5-7H,3-4H2,1-2H3,(H,16,19)(H,17,21). The molecule has 8 heteroatoms. The lowest BCUT2D eigenvalue weighted by molar-refractivity contribution is -0.124. The first-order chi connectivity index (χ1) is 9.95. The quantitative estimate of drug-likeness (QED) is 0.654. The number of imidazole rings is 1. The molecule has 5 nitrogen and oxygen atoms in total. The van der Waals surface area contributed by atoms with E-state index >= 15 is 0 Å².